The number of benzene rings is 2. The molecule has 0 radical (unpaired) electrons. The average Bonchev–Trinajstić information content (AvgIpc) is 2.87. The monoisotopic (exact) mass is 327 g/mol. The number of amides is 1. The molecule has 0 fully saturated rings. The highest BCUT2D eigenvalue weighted by atomic mass is 16.7. The first kappa shape index (κ1) is 16.2. The number of hydrogen-bond acceptors (Lipinski definition) is 5. The van der Waals surface area contributed by atoms with Crippen LogP contribution in [0, 0.1) is 0 Å². The second-order valence-corrected chi connectivity index (χ2v) is 5.14. The number of para-hydroxylation sites is 1. The predicted molar refractivity (Wildman–Crippen MR) is 87.7 cm³/mol. The van der Waals surface area contributed by atoms with Crippen LogP contribution in [-0.4, -0.2) is 38.8 Å². The average molecular weight is 327 g/mol. The predicted octanol–water partition coefficient (Wildman–Crippen LogP) is 2.55. The molecule has 1 aliphatic rings. The van der Waals surface area contributed by atoms with Gasteiger partial charge in [-0.25, -0.2) is 0 Å². The summed E-state index contributed by atoms with van der Waals surface area (Å²) in [6.45, 7) is 1.08. The molecular formula is C18H17NO5. The Hall–Kier alpha value is -2.70. The highest BCUT2D eigenvalue weighted by molar-refractivity contribution is 6.53. The number of Topliss-reactive ketones (excluding diaryl/α,β-unsaturated/α-hetero) is 1. The highest BCUT2D eigenvalue weighted by Gasteiger charge is 2.36. The topological polar surface area (TPSA) is 65.1 Å². The Kier molecular flexibility index (Phi) is 4.88. The van der Waals surface area contributed by atoms with E-state index in [1.165, 1.54) is 4.90 Å². The lowest BCUT2D eigenvalue weighted by Gasteiger charge is -2.17. The minimum Gasteiger partial charge on any atom is -0.468 e. The summed E-state index contributed by atoms with van der Waals surface area (Å²) >= 11 is 0. The van der Waals surface area contributed by atoms with Gasteiger partial charge in [0.25, 0.3) is 5.78 Å². The molecule has 0 saturated heterocycles. The number of anilines is 2. The molecule has 1 heterocycles. The van der Waals surface area contributed by atoms with Crippen LogP contribution in [0.4, 0.5) is 11.4 Å². The molecule has 0 bridgehead atoms. The van der Waals surface area contributed by atoms with Gasteiger partial charge in [0.05, 0.1) is 24.5 Å². The summed E-state index contributed by atoms with van der Waals surface area (Å²) in [5, 5.41) is 0. The van der Waals surface area contributed by atoms with Gasteiger partial charge < -0.3 is 14.2 Å². The van der Waals surface area contributed by atoms with E-state index in [0.29, 0.717) is 35.9 Å². The van der Waals surface area contributed by atoms with Crippen LogP contribution >= 0.6 is 0 Å². The van der Waals surface area contributed by atoms with Crippen LogP contribution in [0.3, 0.4) is 0 Å². The Balaban J connectivity index is 1.70. The smallest absolute Gasteiger partial charge is 0.304 e. The van der Waals surface area contributed by atoms with E-state index in [0.717, 1.165) is 0 Å². The van der Waals surface area contributed by atoms with Crippen molar-refractivity contribution in [3.63, 3.8) is 0 Å². The maximum absolute atomic E-state index is 12.2. The Labute approximate surface area is 139 Å². The van der Waals surface area contributed by atoms with Crippen LogP contribution in [0.2, 0.25) is 0 Å². The van der Waals surface area contributed by atoms with Crippen molar-refractivity contribution in [2.75, 3.05) is 32.0 Å². The number of carbonyl (C=O) groups excluding carboxylic acids is 2. The summed E-state index contributed by atoms with van der Waals surface area (Å²) < 4.78 is 15.5. The molecule has 0 aromatic heterocycles. The Morgan fingerprint density at radius 3 is 2.46 bits per heavy atom. The van der Waals surface area contributed by atoms with E-state index < -0.39 is 11.7 Å². The normalized spacial score (nSPS) is 13.3. The number of methoxy groups -OCH3 is 1. The first-order valence-electron chi connectivity index (χ1n) is 7.49. The van der Waals surface area contributed by atoms with Crippen molar-refractivity contribution >= 4 is 23.1 Å². The van der Waals surface area contributed by atoms with Crippen molar-refractivity contribution < 1.29 is 23.8 Å². The lowest BCUT2D eigenvalue weighted by atomic mass is 10.1. The largest absolute Gasteiger partial charge is 0.468 e. The molecule has 0 unspecified atom stereocenters. The number of hydrogen-bond donors (Lipinski definition) is 0. The van der Waals surface area contributed by atoms with Gasteiger partial charge in [0, 0.05) is 12.8 Å². The van der Waals surface area contributed by atoms with Crippen LogP contribution in [0.25, 0.3) is 0 Å². The zero-order valence-electron chi connectivity index (χ0n) is 13.2. The summed E-state index contributed by atoms with van der Waals surface area (Å²) in [6, 6.07) is 13.9. The van der Waals surface area contributed by atoms with Crippen molar-refractivity contribution in [3.8, 4) is 5.75 Å². The van der Waals surface area contributed by atoms with E-state index >= 15 is 0 Å². The summed E-state index contributed by atoms with van der Waals surface area (Å²) in [4.78, 5) is 25.7. The lowest BCUT2D eigenvalue weighted by Crippen LogP contribution is -2.24. The maximum atomic E-state index is 12.2. The van der Waals surface area contributed by atoms with E-state index in [1.54, 1.807) is 55.6 Å². The molecule has 0 atom stereocenters. The second-order valence-electron chi connectivity index (χ2n) is 5.14. The van der Waals surface area contributed by atoms with Gasteiger partial charge in [-0.15, -0.1) is 0 Å². The van der Waals surface area contributed by atoms with Crippen LogP contribution in [0.1, 0.15) is 10.4 Å². The van der Waals surface area contributed by atoms with Gasteiger partial charge in [0.15, 0.2) is 6.79 Å². The van der Waals surface area contributed by atoms with Crippen molar-refractivity contribution in [1.82, 2.24) is 0 Å². The van der Waals surface area contributed by atoms with Gasteiger partial charge in [0.1, 0.15) is 5.75 Å². The summed E-state index contributed by atoms with van der Waals surface area (Å²) in [6.07, 6.45) is 0. The van der Waals surface area contributed by atoms with E-state index in [4.69, 9.17) is 14.2 Å². The highest BCUT2D eigenvalue weighted by Crippen LogP contribution is 2.35. The van der Waals surface area contributed by atoms with Gasteiger partial charge in [-0.2, -0.15) is 0 Å². The molecular weight excluding hydrogens is 310 g/mol. The zero-order chi connectivity index (χ0) is 16.9. The van der Waals surface area contributed by atoms with Crippen LogP contribution in [0.5, 0.6) is 5.75 Å². The molecule has 0 N–H and O–H groups in total. The van der Waals surface area contributed by atoms with Gasteiger partial charge in [0.2, 0.25) is 0 Å². The molecule has 3 rings (SSSR count). The Morgan fingerprint density at radius 1 is 0.958 bits per heavy atom. The van der Waals surface area contributed by atoms with Gasteiger partial charge in [-0.1, -0.05) is 12.1 Å². The van der Waals surface area contributed by atoms with Gasteiger partial charge in [-0.3, -0.25) is 14.5 Å². The fourth-order valence-corrected chi connectivity index (χ4v) is 2.45. The third kappa shape index (κ3) is 3.15. The molecule has 0 spiro atoms. The lowest BCUT2D eigenvalue weighted by molar-refractivity contribution is -0.113. The molecule has 6 nitrogen and oxygen atoms in total. The number of fused-ring (bicyclic) bond motifs is 1. The molecule has 1 aliphatic heterocycles. The number of rotatable bonds is 7. The Bertz CT molecular complexity index is 741. The van der Waals surface area contributed by atoms with Crippen LogP contribution in [0.15, 0.2) is 48.5 Å². The summed E-state index contributed by atoms with van der Waals surface area (Å²) in [5.74, 6) is -0.423. The third-order valence-electron chi connectivity index (χ3n) is 3.62. The van der Waals surface area contributed by atoms with Gasteiger partial charge >= 0.3 is 5.91 Å². The molecule has 6 heteroatoms. The maximum Gasteiger partial charge on any atom is 0.304 e. The van der Waals surface area contributed by atoms with E-state index in [2.05, 4.69) is 0 Å². The fourth-order valence-electron chi connectivity index (χ4n) is 2.45. The minimum absolute atomic E-state index is 0.118. The number of ether oxygens (including phenoxy) is 3. The summed E-state index contributed by atoms with van der Waals surface area (Å²) in [7, 11) is 1.60. The number of nitrogens with zero attached hydrogens (tertiary/aromatic N) is 1. The first-order chi connectivity index (χ1) is 11.7. The summed E-state index contributed by atoms with van der Waals surface area (Å²) in [5.41, 5.74) is 1.64. The minimum atomic E-state index is -0.548. The van der Waals surface area contributed by atoms with Gasteiger partial charge in [-0.05, 0) is 36.4 Å². The van der Waals surface area contributed by atoms with Crippen molar-refractivity contribution in [1.29, 1.82) is 0 Å². The molecule has 0 aliphatic carbocycles. The van der Waals surface area contributed by atoms with Crippen LogP contribution < -0.4 is 9.64 Å². The van der Waals surface area contributed by atoms with E-state index in [-0.39, 0.29) is 6.79 Å². The molecule has 2 aromatic rings. The molecule has 2 aromatic carbocycles. The van der Waals surface area contributed by atoms with Crippen molar-refractivity contribution in [2.24, 2.45) is 0 Å². The van der Waals surface area contributed by atoms with Crippen molar-refractivity contribution in [2.45, 2.75) is 0 Å². The second kappa shape index (κ2) is 7.25. The van der Waals surface area contributed by atoms with E-state index in [1.807, 2.05) is 0 Å². The third-order valence-corrected chi connectivity index (χ3v) is 3.62. The molecule has 24 heavy (non-hydrogen) atoms. The van der Waals surface area contributed by atoms with E-state index in [9.17, 15) is 9.59 Å². The SMILES string of the molecule is COCCOCOc1ccc(N2C(=O)C(=O)c3ccccc32)cc1. The number of ketones is 1. The standard InChI is InChI=1S/C18H17NO5/c1-22-10-11-23-12-24-14-8-6-13(7-9-14)19-16-5-3-2-4-15(16)17(20)18(19)21/h2-9H,10-12H2,1H3. The molecule has 1 amide bonds. The zero-order valence-corrected chi connectivity index (χ0v) is 13.2. The Morgan fingerprint density at radius 2 is 1.71 bits per heavy atom. The van der Waals surface area contributed by atoms with Crippen molar-refractivity contribution in [3.05, 3.63) is 54.1 Å². The van der Waals surface area contributed by atoms with Crippen LogP contribution in [-0.2, 0) is 14.3 Å². The molecule has 124 valence electrons. The first-order valence-corrected chi connectivity index (χ1v) is 7.49. The number of carbonyl (C=O) groups is 2. The quantitative estimate of drug-likeness (QED) is 0.444. The fraction of sp³-hybridized carbons (Fsp3) is 0.222. The molecule has 0 saturated carbocycles.